The molecule has 0 radical (unpaired) electrons. The van der Waals surface area contributed by atoms with Crippen molar-refractivity contribution in [3.63, 3.8) is 0 Å². The normalized spacial score (nSPS) is 25.9. The van der Waals surface area contributed by atoms with Crippen LogP contribution in [0.2, 0.25) is 0 Å². The van der Waals surface area contributed by atoms with E-state index < -0.39 is 0 Å². The summed E-state index contributed by atoms with van der Waals surface area (Å²) >= 11 is 0. The van der Waals surface area contributed by atoms with Crippen molar-refractivity contribution in [1.82, 2.24) is 10.3 Å². The summed E-state index contributed by atoms with van der Waals surface area (Å²) in [5, 5.41) is 3.60. The molecule has 21 heavy (non-hydrogen) atoms. The molecule has 0 spiro atoms. The maximum Gasteiger partial charge on any atom is 0.218 e. The van der Waals surface area contributed by atoms with Gasteiger partial charge in [-0.1, -0.05) is 6.92 Å². The van der Waals surface area contributed by atoms with E-state index in [1.165, 1.54) is 49.7 Å². The van der Waals surface area contributed by atoms with Crippen molar-refractivity contribution in [2.75, 3.05) is 0 Å². The van der Waals surface area contributed by atoms with E-state index in [9.17, 15) is 0 Å². The first-order valence-corrected chi connectivity index (χ1v) is 8.49. The van der Waals surface area contributed by atoms with Crippen LogP contribution in [-0.2, 0) is 6.54 Å². The van der Waals surface area contributed by atoms with Gasteiger partial charge in [0.15, 0.2) is 0 Å². The number of hydrogen-bond donors (Lipinski definition) is 1. The second-order valence-corrected chi connectivity index (χ2v) is 7.02. The molecule has 116 valence electrons. The lowest BCUT2D eigenvalue weighted by atomic mass is 9.89. The van der Waals surface area contributed by atoms with Gasteiger partial charge in [-0.25, -0.2) is 4.98 Å². The summed E-state index contributed by atoms with van der Waals surface area (Å²) in [7, 11) is 0. The number of ether oxygens (including phenoxy) is 1. The lowest BCUT2D eigenvalue weighted by Gasteiger charge is -2.27. The molecule has 3 nitrogen and oxygen atoms in total. The van der Waals surface area contributed by atoms with Crippen molar-refractivity contribution >= 4 is 0 Å². The minimum absolute atomic E-state index is 0.356. The van der Waals surface area contributed by atoms with E-state index in [1.54, 1.807) is 0 Å². The number of pyridine rings is 1. The summed E-state index contributed by atoms with van der Waals surface area (Å²) in [4.78, 5) is 4.68. The monoisotopic (exact) mass is 288 g/mol. The van der Waals surface area contributed by atoms with Crippen molar-refractivity contribution in [3.05, 3.63) is 22.9 Å². The van der Waals surface area contributed by atoms with Gasteiger partial charge in [-0.2, -0.15) is 0 Å². The van der Waals surface area contributed by atoms with Gasteiger partial charge in [0.25, 0.3) is 0 Å². The van der Waals surface area contributed by atoms with Gasteiger partial charge in [0.1, 0.15) is 6.10 Å². The average Bonchev–Trinajstić information content (AvgIpc) is 3.24. The van der Waals surface area contributed by atoms with E-state index in [-0.39, 0.29) is 0 Å². The van der Waals surface area contributed by atoms with Crippen LogP contribution in [0, 0.1) is 19.8 Å². The molecule has 3 heteroatoms. The van der Waals surface area contributed by atoms with Crippen molar-refractivity contribution in [3.8, 4) is 5.88 Å². The molecule has 0 unspecified atom stereocenters. The molecule has 0 bridgehead atoms. The Morgan fingerprint density at radius 1 is 1.14 bits per heavy atom. The maximum atomic E-state index is 6.30. The van der Waals surface area contributed by atoms with Crippen molar-refractivity contribution in [1.29, 1.82) is 0 Å². The zero-order valence-corrected chi connectivity index (χ0v) is 13.6. The fourth-order valence-corrected chi connectivity index (χ4v) is 3.18. The summed E-state index contributed by atoms with van der Waals surface area (Å²) in [6.45, 7) is 7.47. The first-order valence-electron chi connectivity index (χ1n) is 8.49. The summed E-state index contributed by atoms with van der Waals surface area (Å²) in [5.74, 6) is 1.73. The molecule has 0 amide bonds. The van der Waals surface area contributed by atoms with Crippen LogP contribution in [0.4, 0.5) is 0 Å². The fourth-order valence-electron chi connectivity index (χ4n) is 3.18. The lowest BCUT2D eigenvalue weighted by Crippen LogP contribution is -2.25. The minimum atomic E-state index is 0.356. The summed E-state index contributed by atoms with van der Waals surface area (Å²) in [6, 6.07) is 2.88. The van der Waals surface area contributed by atoms with Crippen LogP contribution in [0.5, 0.6) is 5.88 Å². The Balaban J connectivity index is 1.71. The van der Waals surface area contributed by atoms with Gasteiger partial charge >= 0.3 is 0 Å². The quantitative estimate of drug-likeness (QED) is 0.892. The molecule has 3 rings (SSSR count). The van der Waals surface area contributed by atoms with E-state index in [4.69, 9.17) is 4.74 Å². The lowest BCUT2D eigenvalue weighted by molar-refractivity contribution is 0.128. The van der Waals surface area contributed by atoms with Crippen LogP contribution < -0.4 is 10.1 Å². The van der Waals surface area contributed by atoms with Crippen molar-refractivity contribution < 1.29 is 4.74 Å². The largest absolute Gasteiger partial charge is 0.474 e. The molecule has 1 N–H and O–H groups in total. The topological polar surface area (TPSA) is 34.1 Å². The second kappa shape index (κ2) is 6.35. The molecule has 2 aliphatic rings. The number of rotatable bonds is 5. The van der Waals surface area contributed by atoms with E-state index in [0.29, 0.717) is 12.1 Å². The number of aryl methyl sites for hydroxylation is 2. The fraction of sp³-hybridized carbons (Fsp3) is 0.722. The number of aromatic nitrogens is 1. The Labute approximate surface area is 128 Å². The molecule has 0 atom stereocenters. The first kappa shape index (κ1) is 14.8. The van der Waals surface area contributed by atoms with Gasteiger partial charge in [-0.05, 0) is 69.9 Å². The highest BCUT2D eigenvalue weighted by Crippen LogP contribution is 2.30. The van der Waals surface area contributed by atoms with E-state index in [2.05, 4.69) is 37.1 Å². The van der Waals surface area contributed by atoms with Crippen LogP contribution in [0.15, 0.2) is 6.07 Å². The number of nitrogens with one attached hydrogen (secondary N) is 1. The van der Waals surface area contributed by atoms with E-state index in [0.717, 1.165) is 24.0 Å². The highest BCUT2D eigenvalue weighted by atomic mass is 16.5. The SMILES string of the molecule is Cc1cc(C)c(CNC2CC2)c(OC2CCC(C)CC2)n1. The smallest absolute Gasteiger partial charge is 0.218 e. The minimum Gasteiger partial charge on any atom is -0.474 e. The highest BCUT2D eigenvalue weighted by molar-refractivity contribution is 5.36. The van der Waals surface area contributed by atoms with Gasteiger partial charge in [0, 0.05) is 23.8 Å². The third-order valence-corrected chi connectivity index (χ3v) is 4.82. The zero-order chi connectivity index (χ0) is 14.8. The summed E-state index contributed by atoms with van der Waals surface area (Å²) in [6.07, 6.45) is 7.89. The molecule has 1 aromatic rings. The van der Waals surface area contributed by atoms with E-state index >= 15 is 0 Å². The first-order chi connectivity index (χ1) is 10.1. The molecule has 1 heterocycles. The van der Waals surface area contributed by atoms with Gasteiger partial charge < -0.3 is 10.1 Å². The molecule has 0 saturated heterocycles. The third kappa shape index (κ3) is 3.97. The predicted octanol–water partition coefficient (Wildman–Crippen LogP) is 3.91. The van der Waals surface area contributed by atoms with Crippen LogP contribution in [-0.4, -0.2) is 17.1 Å². The maximum absolute atomic E-state index is 6.30. The molecular weight excluding hydrogens is 260 g/mol. The van der Waals surface area contributed by atoms with Gasteiger partial charge in [-0.15, -0.1) is 0 Å². The van der Waals surface area contributed by atoms with Crippen LogP contribution in [0.1, 0.15) is 62.3 Å². The predicted molar refractivity (Wildman–Crippen MR) is 85.6 cm³/mol. The molecule has 0 aromatic carbocycles. The Morgan fingerprint density at radius 3 is 2.52 bits per heavy atom. The molecule has 0 aliphatic heterocycles. The van der Waals surface area contributed by atoms with Crippen LogP contribution in [0.3, 0.4) is 0 Å². The molecule has 2 aliphatic carbocycles. The van der Waals surface area contributed by atoms with Crippen LogP contribution >= 0.6 is 0 Å². The Morgan fingerprint density at radius 2 is 1.86 bits per heavy atom. The highest BCUT2D eigenvalue weighted by Gasteiger charge is 2.24. The Kier molecular flexibility index (Phi) is 4.48. The van der Waals surface area contributed by atoms with Gasteiger partial charge in [0.2, 0.25) is 5.88 Å². The van der Waals surface area contributed by atoms with Gasteiger partial charge in [0.05, 0.1) is 0 Å². The van der Waals surface area contributed by atoms with Crippen molar-refractivity contribution in [2.45, 2.75) is 78.0 Å². The molecular formula is C18H28N2O. The molecule has 2 saturated carbocycles. The number of hydrogen-bond acceptors (Lipinski definition) is 3. The summed E-state index contributed by atoms with van der Waals surface area (Å²) < 4.78 is 6.30. The number of nitrogens with zero attached hydrogens (tertiary/aromatic N) is 1. The molecule has 1 aromatic heterocycles. The van der Waals surface area contributed by atoms with E-state index in [1.807, 2.05) is 0 Å². The molecule has 2 fully saturated rings. The zero-order valence-electron chi connectivity index (χ0n) is 13.6. The Hall–Kier alpha value is -1.09. The standard InChI is InChI=1S/C18H28N2O/c1-12-4-8-16(9-5-12)21-18-17(11-19-15-6-7-15)13(2)10-14(3)20-18/h10,12,15-16,19H,4-9,11H2,1-3H3. The third-order valence-electron chi connectivity index (χ3n) is 4.82. The van der Waals surface area contributed by atoms with Crippen molar-refractivity contribution in [2.24, 2.45) is 5.92 Å². The van der Waals surface area contributed by atoms with Crippen LogP contribution in [0.25, 0.3) is 0 Å². The Bertz CT molecular complexity index is 488. The summed E-state index contributed by atoms with van der Waals surface area (Å²) in [5.41, 5.74) is 3.61. The average molecular weight is 288 g/mol. The van der Waals surface area contributed by atoms with Gasteiger partial charge in [-0.3, -0.25) is 0 Å². The second-order valence-electron chi connectivity index (χ2n) is 7.02.